The van der Waals surface area contributed by atoms with Crippen molar-refractivity contribution in [3.05, 3.63) is 77.9 Å². The van der Waals surface area contributed by atoms with Crippen LogP contribution in [0.5, 0.6) is 0 Å². The monoisotopic (exact) mass is 449 g/mol. The van der Waals surface area contributed by atoms with Gasteiger partial charge in [0.25, 0.3) is 0 Å². The van der Waals surface area contributed by atoms with Crippen LogP contribution in [0, 0.1) is 11.3 Å². The SMILES string of the molecule is CN(C)C1CCN(Cc2ccc(-c3ccc4nc(-c5ccc(C#N)cc5)n(C)c4c3)cc2)CC1. The predicted molar refractivity (Wildman–Crippen MR) is 138 cm³/mol. The normalized spacial score (nSPS) is 15.1. The summed E-state index contributed by atoms with van der Waals surface area (Å²) < 4.78 is 2.13. The molecule has 0 aliphatic carbocycles. The first-order chi connectivity index (χ1) is 16.5. The van der Waals surface area contributed by atoms with E-state index >= 15 is 0 Å². The Morgan fingerprint density at radius 3 is 2.21 bits per heavy atom. The molecule has 0 bridgehead atoms. The van der Waals surface area contributed by atoms with Crippen molar-refractivity contribution < 1.29 is 0 Å². The Labute approximate surface area is 201 Å². The van der Waals surface area contributed by atoms with Crippen molar-refractivity contribution in [1.29, 1.82) is 5.26 Å². The number of nitrogens with zero attached hydrogens (tertiary/aromatic N) is 5. The van der Waals surface area contributed by atoms with Crippen molar-refractivity contribution in [3.8, 4) is 28.6 Å². The highest BCUT2D eigenvalue weighted by molar-refractivity contribution is 5.85. The summed E-state index contributed by atoms with van der Waals surface area (Å²) >= 11 is 0. The molecule has 1 saturated heterocycles. The van der Waals surface area contributed by atoms with Gasteiger partial charge in [-0.25, -0.2) is 4.98 Å². The van der Waals surface area contributed by atoms with E-state index in [2.05, 4.69) is 84.0 Å². The maximum absolute atomic E-state index is 9.06. The number of hydrogen-bond donors (Lipinski definition) is 0. The molecule has 0 radical (unpaired) electrons. The van der Waals surface area contributed by atoms with Gasteiger partial charge in [0.15, 0.2) is 0 Å². The first-order valence-corrected chi connectivity index (χ1v) is 12.0. The minimum atomic E-state index is 0.659. The van der Waals surface area contributed by atoms with Gasteiger partial charge in [-0.3, -0.25) is 4.90 Å². The Hall–Kier alpha value is -3.46. The van der Waals surface area contributed by atoms with Gasteiger partial charge >= 0.3 is 0 Å². The number of imidazole rings is 1. The number of hydrogen-bond acceptors (Lipinski definition) is 4. The molecule has 1 fully saturated rings. The molecule has 5 rings (SSSR count). The molecule has 0 N–H and O–H groups in total. The van der Waals surface area contributed by atoms with Gasteiger partial charge in [-0.2, -0.15) is 5.26 Å². The lowest BCUT2D eigenvalue weighted by Gasteiger charge is -2.35. The molecule has 0 amide bonds. The van der Waals surface area contributed by atoms with Crippen LogP contribution in [0.3, 0.4) is 0 Å². The lowest BCUT2D eigenvalue weighted by atomic mass is 10.0. The second-order valence-corrected chi connectivity index (χ2v) is 9.55. The molecular formula is C29H31N5. The van der Waals surface area contributed by atoms with Crippen molar-refractivity contribution >= 4 is 11.0 Å². The topological polar surface area (TPSA) is 48.1 Å². The quantitative estimate of drug-likeness (QED) is 0.415. The highest BCUT2D eigenvalue weighted by atomic mass is 15.2. The molecule has 5 heteroatoms. The predicted octanol–water partition coefficient (Wildman–Crippen LogP) is 5.30. The molecule has 0 atom stereocenters. The van der Waals surface area contributed by atoms with Gasteiger partial charge < -0.3 is 9.47 Å². The third kappa shape index (κ3) is 4.48. The van der Waals surface area contributed by atoms with E-state index in [9.17, 15) is 0 Å². The van der Waals surface area contributed by atoms with Crippen LogP contribution in [-0.2, 0) is 13.6 Å². The smallest absolute Gasteiger partial charge is 0.140 e. The van der Waals surface area contributed by atoms with Crippen molar-refractivity contribution in [3.63, 3.8) is 0 Å². The van der Waals surface area contributed by atoms with Gasteiger partial charge in [-0.05, 0) is 93.1 Å². The minimum absolute atomic E-state index is 0.659. The van der Waals surface area contributed by atoms with Crippen LogP contribution in [0.25, 0.3) is 33.5 Å². The minimum Gasteiger partial charge on any atom is -0.327 e. The zero-order valence-electron chi connectivity index (χ0n) is 20.2. The second kappa shape index (κ2) is 9.42. The van der Waals surface area contributed by atoms with Crippen LogP contribution in [0.1, 0.15) is 24.0 Å². The van der Waals surface area contributed by atoms with E-state index in [1.165, 1.54) is 42.6 Å². The summed E-state index contributed by atoms with van der Waals surface area (Å²) in [6.07, 6.45) is 2.50. The van der Waals surface area contributed by atoms with Crippen LogP contribution >= 0.6 is 0 Å². The lowest BCUT2D eigenvalue weighted by Crippen LogP contribution is -2.41. The molecule has 34 heavy (non-hydrogen) atoms. The molecule has 5 nitrogen and oxygen atoms in total. The zero-order chi connectivity index (χ0) is 23.7. The maximum Gasteiger partial charge on any atom is 0.140 e. The fourth-order valence-corrected chi connectivity index (χ4v) is 4.98. The van der Waals surface area contributed by atoms with Gasteiger partial charge in [0.05, 0.1) is 22.7 Å². The van der Waals surface area contributed by atoms with Crippen LogP contribution in [-0.4, -0.2) is 52.6 Å². The largest absolute Gasteiger partial charge is 0.327 e. The summed E-state index contributed by atoms with van der Waals surface area (Å²) in [5, 5.41) is 9.06. The van der Waals surface area contributed by atoms with Gasteiger partial charge in [0, 0.05) is 25.2 Å². The highest BCUT2D eigenvalue weighted by Crippen LogP contribution is 2.29. The molecule has 3 aromatic carbocycles. The number of nitriles is 1. The van der Waals surface area contributed by atoms with E-state index < -0.39 is 0 Å². The molecule has 0 saturated carbocycles. The fraction of sp³-hybridized carbons (Fsp3) is 0.310. The average molecular weight is 450 g/mol. The molecular weight excluding hydrogens is 418 g/mol. The van der Waals surface area contributed by atoms with Crippen molar-refractivity contribution in [2.24, 2.45) is 7.05 Å². The Kier molecular flexibility index (Phi) is 6.19. The van der Waals surface area contributed by atoms with Gasteiger partial charge in [0.2, 0.25) is 0 Å². The summed E-state index contributed by atoms with van der Waals surface area (Å²) in [4.78, 5) is 9.77. The van der Waals surface area contributed by atoms with Crippen molar-refractivity contribution in [1.82, 2.24) is 19.4 Å². The number of aromatic nitrogens is 2. The number of aryl methyl sites for hydroxylation is 1. The fourth-order valence-electron chi connectivity index (χ4n) is 4.98. The molecule has 4 aromatic rings. The summed E-state index contributed by atoms with van der Waals surface area (Å²) in [6.45, 7) is 3.36. The number of fused-ring (bicyclic) bond motifs is 1. The first-order valence-electron chi connectivity index (χ1n) is 12.0. The zero-order valence-corrected chi connectivity index (χ0v) is 20.2. The maximum atomic E-state index is 9.06. The molecule has 1 aliphatic heterocycles. The van der Waals surface area contributed by atoms with Crippen molar-refractivity contribution in [2.75, 3.05) is 27.2 Å². The lowest BCUT2D eigenvalue weighted by molar-refractivity contribution is 0.140. The summed E-state index contributed by atoms with van der Waals surface area (Å²) in [5.41, 5.74) is 7.53. The van der Waals surface area contributed by atoms with Gasteiger partial charge in [-0.1, -0.05) is 30.3 Å². The molecule has 172 valence electrons. The summed E-state index contributed by atoms with van der Waals surface area (Å²) in [6, 6.07) is 26.0. The Morgan fingerprint density at radius 1 is 0.912 bits per heavy atom. The molecule has 1 aromatic heterocycles. The molecule has 0 spiro atoms. The van der Waals surface area contributed by atoms with Crippen LogP contribution in [0.4, 0.5) is 0 Å². The van der Waals surface area contributed by atoms with E-state index in [0.717, 1.165) is 35.0 Å². The van der Waals surface area contributed by atoms with Crippen LogP contribution < -0.4 is 0 Å². The third-order valence-electron chi connectivity index (χ3n) is 7.13. The number of likely N-dealkylation sites (tertiary alicyclic amines) is 1. The highest BCUT2D eigenvalue weighted by Gasteiger charge is 2.20. The third-order valence-corrected chi connectivity index (χ3v) is 7.13. The van der Waals surface area contributed by atoms with E-state index in [0.29, 0.717) is 5.56 Å². The summed E-state index contributed by atoms with van der Waals surface area (Å²) in [5.74, 6) is 0.907. The Bertz CT molecular complexity index is 1320. The Morgan fingerprint density at radius 2 is 1.56 bits per heavy atom. The molecule has 0 unspecified atom stereocenters. The van der Waals surface area contributed by atoms with E-state index in [-0.39, 0.29) is 0 Å². The second-order valence-electron chi connectivity index (χ2n) is 9.55. The van der Waals surface area contributed by atoms with Crippen LogP contribution in [0.2, 0.25) is 0 Å². The van der Waals surface area contributed by atoms with Crippen molar-refractivity contribution in [2.45, 2.75) is 25.4 Å². The molecule has 2 heterocycles. The van der Waals surface area contributed by atoms with E-state index in [4.69, 9.17) is 10.2 Å². The molecule has 1 aliphatic rings. The van der Waals surface area contributed by atoms with Gasteiger partial charge in [-0.15, -0.1) is 0 Å². The first kappa shape index (κ1) is 22.3. The van der Waals surface area contributed by atoms with E-state index in [1.54, 1.807) is 0 Å². The van der Waals surface area contributed by atoms with Crippen LogP contribution in [0.15, 0.2) is 66.7 Å². The number of piperidine rings is 1. The standard InChI is InChI=1S/C29H31N5/c1-32(2)26-14-16-34(17-15-26)20-22-6-8-23(9-7-22)25-12-13-27-28(18-25)33(3)29(31-27)24-10-4-21(19-30)5-11-24/h4-13,18,26H,14-17,20H2,1-3H3. The number of benzene rings is 3. The average Bonchev–Trinajstić information content (AvgIpc) is 3.20. The van der Waals surface area contributed by atoms with E-state index in [1.807, 2.05) is 24.3 Å². The Balaban J connectivity index is 1.33. The van der Waals surface area contributed by atoms with Gasteiger partial charge in [0.1, 0.15) is 5.82 Å². The summed E-state index contributed by atoms with van der Waals surface area (Å²) in [7, 11) is 6.43. The number of rotatable bonds is 5.